The van der Waals surface area contributed by atoms with Gasteiger partial charge in [-0.3, -0.25) is 9.59 Å². The molecule has 2 aliphatic heterocycles. The van der Waals surface area contributed by atoms with E-state index in [-0.39, 0.29) is 30.3 Å². The number of likely N-dealkylation sites (tertiary alicyclic amines) is 1. The second-order valence-corrected chi connectivity index (χ2v) is 7.87. The highest BCUT2D eigenvalue weighted by Gasteiger charge is 2.26. The number of carbonyl (C=O) groups is 2. The zero-order valence-corrected chi connectivity index (χ0v) is 16.9. The first-order valence-corrected chi connectivity index (χ1v) is 10.2. The number of nitrogens with zero attached hydrogens (tertiary/aromatic N) is 1. The molecule has 2 aliphatic rings. The zero-order valence-electron chi connectivity index (χ0n) is 16.9. The van der Waals surface area contributed by atoms with Crippen LogP contribution >= 0.6 is 0 Å². The van der Waals surface area contributed by atoms with Crippen LogP contribution in [0.4, 0.5) is 10.1 Å². The van der Waals surface area contributed by atoms with Gasteiger partial charge in [-0.25, -0.2) is 4.39 Å². The van der Waals surface area contributed by atoms with Crippen LogP contribution in [0.2, 0.25) is 0 Å². The van der Waals surface area contributed by atoms with Crippen LogP contribution in [0.5, 0.6) is 11.5 Å². The molecule has 1 unspecified atom stereocenters. The predicted octanol–water partition coefficient (Wildman–Crippen LogP) is 4.13. The molecule has 6 nitrogen and oxygen atoms in total. The van der Waals surface area contributed by atoms with Crippen molar-refractivity contribution >= 4 is 17.5 Å². The Morgan fingerprint density at radius 1 is 1.17 bits per heavy atom. The highest BCUT2D eigenvalue weighted by Crippen LogP contribution is 2.33. The summed E-state index contributed by atoms with van der Waals surface area (Å²) in [5.41, 5.74) is 1.91. The van der Waals surface area contributed by atoms with Crippen LogP contribution in [0.3, 0.4) is 0 Å². The molecule has 0 aliphatic carbocycles. The summed E-state index contributed by atoms with van der Waals surface area (Å²) in [6.45, 7) is 3.29. The molecule has 1 saturated heterocycles. The minimum Gasteiger partial charge on any atom is -0.454 e. The number of hydrogen-bond acceptors (Lipinski definition) is 4. The first-order valence-electron chi connectivity index (χ1n) is 10.2. The molecule has 1 fully saturated rings. The molecule has 2 aromatic carbocycles. The van der Waals surface area contributed by atoms with Crippen LogP contribution in [-0.2, 0) is 4.79 Å². The van der Waals surface area contributed by atoms with Gasteiger partial charge in [-0.05, 0) is 74.1 Å². The number of piperidine rings is 1. The van der Waals surface area contributed by atoms with E-state index in [0.717, 1.165) is 12.8 Å². The molecule has 1 atom stereocenters. The summed E-state index contributed by atoms with van der Waals surface area (Å²) in [5, 5.41) is 2.85. The Morgan fingerprint density at radius 2 is 2.00 bits per heavy atom. The summed E-state index contributed by atoms with van der Waals surface area (Å²) >= 11 is 0. The van der Waals surface area contributed by atoms with Gasteiger partial charge in [0.1, 0.15) is 5.82 Å². The Morgan fingerprint density at radius 3 is 2.83 bits per heavy atom. The van der Waals surface area contributed by atoms with Gasteiger partial charge in [0, 0.05) is 30.8 Å². The van der Waals surface area contributed by atoms with Crippen LogP contribution in [-0.4, -0.2) is 36.6 Å². The quantitative estimate of drug-likeness (QED) is 0.802. The minimum atomic E-state index is -0.320. The molecule has 158 valence electrons. The van der Waals surface area contributed by atoms with Gasteiger partial charge in [0.05, 0.1) is 0 Å². The molecule has 7 heteroatoms. The fraction of sp³-hybridized carbons (Fsp3) is 0.391. The van der Waals surface area contributed by atoms with Crippen molar-refractivity contribution in [1.82, 2.24) is 4.90 Å². The molecule has 0 aromatic heterocycles. The van der Waals surface area contributed by atoms with E-state index in [4.69, 9.17) is 9.47 Å². The van der Waals surface area contributed by atoms with Crippen molar-refractivity contribution in [3.05, 3.63) is 53.3 Å². The number of benzene rings is 2. The third-order valence-electron chi connectivity index (χ3n) is 5.67. The summed E-state index contributed by atoms with van der Waals surface area (Å²) in [7, 11) is 0. The molecule has 1 N–H and O–H groups in total. The molecule has 30 heavy (non-hydrogen) atoms. The van der Waals surface area contributed by atoms with E-state index in [1.165, 1.54) is 12.1 Å². The van der Waals surface area contributed by atoms with Crippen LogP contribution < -0.4 is 14.8 Å². The van der Waals surface area contributed by atoms with Gasteiger partial charge >= 0.3 is 0 Å². The van der Waals surface area contributed by atoms with Crippen molar-refractivity contribution in [3.8, 4) is 11.5 Å². The van der Waals surface area contributed by atoms with E-state index in [0.29, 0.717) is 54.2 Å². The summed E-state index contributed by atoms with van der Waals surface area (Å²) < 4.78 is 23.9. The lowest BCUT2D eigenvalue weighted by Crippen LogP contribution is -2.40. The molecule has 0 spiro atoms. The normalized spacial score (nSPS) is 17.7. The number of amides is 2. The topological polar surface area (TPSA) is 67.9 Å². The number of anilines is 1. The smallest absolute Gasteiger partial charge is 0.254 e. The summed E-state index contributed by atoms with van der Waals surface area (Å²) in [5.74, 6) is 1.10. The van der Waals surface area contributed by atoms with E-state index < -0.39 is 0 Å². The van der Waals surface area contributed by atoms with Crippen molar-refractivity contribution < 1.29 is 23.5 Å². The minimum absolute atomic E-state index is 0.0237. The van der Waals surface area contributed by atoms with E-state index >= 15 is 0 Å². The summed E-state index contributed by atoms with van der Waals surface area (Å²) in [6.07, 6.45) is 2.98. The van der Waals surface area contributed by atoms with Crippen LogP contribution in [0.15, 0.2) is 36.4 Å². The van der Waals surface area contributed by atoms with Gasteiger partial charge in [-0.1, -0.05) is 0 Å². The van der Waals surface area contributed by atoms with Crippen molar-refractivity contribution in [2.24, 2.45) is 5.92 Å². The van der Waals surface area contributed by atoms with Crippen LogP contribution in [0.25, 0.3) is 0 Å². The lowest BCUT2D eigenvalue weighted by molar-refractivity contribution is -0.116. The maximum atomic E-state index is 13.2. The second kappa shape index (κ2) is 8.73. The second-order valence-electron chi connectivity index (χ2n) is 7.87. The van der Waals surface area contributed by atoms with Gasteiger partial charge in [0.2, 0.25) is 12.7 Å². The number of fused-ring (bicyclic) bond motifs is 1. The Bertz CT molecular complexity index is 962. The van der Waals surface area contributed by atoms with Crippen LogP contribution in [0.1, 0.15) is 41.6 Å². The lowest BCUT2D eigenvalue weighted by atomic mass is 9.92. The first kappa shape index (κ1) is 20.2. The third kappa shape index (κ3) is 4.56. The Labute approximate surface area is 175 Å². The maximum absolute atomic E-state index is 13.2. The molecule has 4 rings (SSSR count). The number of aryl methyl sites for hydroxylation is 1. The molecular weight excluding hydrogens is 387 g/mol. The number of ether oxygens (including phenoxy) is 2. The average Bonchev–Trinajstić information content (AvgIpc) is 3.22. The highest BCUT2D eigenvalue weighted by atomic mass is 19.1. The van der Waals surface area contributed by atoms with E-state index in [1.807, 2.05) is 4.90 Å². The highest BCUT2D eigenvalue weighted by molar-refractivity contribution is 5.95. The van der Waals surface area contributed by atoms with E-state index in [2.05, 4.69) is 5.32 Å². The Hall–Kier alpha value is -3.09. The summed E-state index contributed by atoms with van der Waals surface area (Å²) in [4.78, 5) is 27.1. The molecule has 2 heterocycles. The van der Waals surface area contributed by atoms with Gasteiger partial charge in [0.15, 0.2) is 11.5 Å². The van der Waals surface area contributed by atoms with Crippen molar-refractivity contribution in [2.75, 3.05) is 25.2 Å². The van der Waals surface area contributed by atoms with Gasteiger partial charge < -0.3 is 19.7 Å². The van der Waals surface area contributed by atoms with Crippen molar-refractivity contribution in [2.45, 2.75) is 32.6 Å². The van der Waals surface area contributed by atoms with Crippen molar-refractivity contribution in [1.29, 1.82) is 0 Å². The number of halogens is 1. The molecule has 0 radical (unpaired) electrons. The Balaban J connectivity index is 1.30. The van der Waals surface area contributed by atoms with Crippen LogP contribution in [0, 0.1) is 18.7 Å². The fourth-order valence-corrected chi connectivity index (χ4v) is 4.01. The largest absolute Gasteiger partial charge is 0.454 e. The van der Waals surface area contributed by atoms with E-state index in [1.54, 1.807) is 31.2 Å². The number of nitrogens with one attached hydrogen (secondary N) is 1. The maximum Gasteiger partial charge on any atom is 0.254 e. The Kier molecular flexibility index (Phi) is 5.88. The zero-order chi connectivity index (χ0) is 21.1. The molecule has 2 aromatic rings. The monoisotopic (exact) mass is 412 g/mol. The summed E-state index contributed by atoms with van der Waals surface area (Å²) in [6, 6.07) is 9.57. The molecule has 0 bridgehead atoms. The fourth-order valence-electron chi connectivity index (χ4n) is 4.01. The molecular formula is C23H25FN2O4. The van der Waals surface area contributed by atoms with E-state index in [9.17, 15) is 14.0 Å². The molecule has 2 amide bonds. The third-order valence-corrected chi connectivity index (χ3v) is 5.67. The van der Waals surface area contributed by atoms with Gasteiger partial charge in [-0.15, -0.1) is 0 Å². The predicted molar refractivity (Wildman–Crippen MR) is 110 cm³/mol. The number of rotatable bonds is 5. The lowest BCUT2D eigenvalue weighted by Gasteiger charge is -2.33. The first-order chi connectivity index (χ1) is 14.5. The number of carbonyl (C=O) groups excluding carboxylic acids is 2. The van der Waals surface area contributed by atoms with Gasteiger partial charge in [0.25, 0.3) is 5.91 Å². The van der Waals surface area contributed by atoms with Crippen molar-refractivity contribution in [3.63, 3.8) is 0 Å². The molecule has 0 saturated carbocycles. The number of hydrogen-bond donors (Lipinski definition) is 1. The van der Waals surface area contributed by atoms with Gasteiger partial charge in [-0.2, -0.15) is 0 Å². The average molecular weight is 412 g/mol. The standard InChI is InChI=1S/C23H25FN2O4/c1-15-11-18(24)6-7-19(15)25-22(27)9-4-16-3-2-10-26(13-16)23(28)17-5-8-20-21(12-17)30-14-29-20/h5-8,11-12,16H,2-4,9-10,13-14H2,1H3,(H,25,27). The SMILES string of the molecule is Cc1cc(F)ccc1NC(=O)CCC1CCCN(C(=O)c2ccc3c(c2)OCO3)C1.